The maximum absolute atomic E-state index is 12.7. The first-order valence-electron chi connectivity index (χ1n) is 11.3. The van der Waals surface area contributed by atoms with Crippen molar-refractivity contribution in [1.82, 2.24) is 15.3 Å². The summed E-state index contributed by atoms with van der Waals surface area (Å²) in [4.78, 5) is 23.6. The molecule has 1 aliphatic rings. The van der Waals surface area contributed by atoms with Crippen LogP contribution in [0.4, 0.5) is 5.69 Å². The highest BCUT2D eigenvalue weighted by Crippen LogP contribution is 2.33. The fourth-order valence-electron chi connectivity index (χ4n) is 4.29. The first-order chi connectivity index (χ1) is 16.3. The zero-order valence-corrected chi connectivity index (χ0v) is 18.4. The van der Waals surface area contributed by atoms with Crippen LogP contribution in [-0.4, -0.2) is 29.0 Å². The smallest absolute Gasteiger partial charge is 0.223 e. The summed E-state index contributed by atoms with van der Waals surface area (Å²) in [5.74, 6) is 1.74. The summed E-state index contributed by atoms with van der Waals surface area (Å²) < 4.78 is 6.04. The number of ether oxygens (including phenoxy) is 1. The molecule has 0 unspecified atom stereocenters. The molecule has 0 saturated carbocycles. The van der Waals surface area contributed by atoms with Gasteiger partial charge in [-0.2, -0.15) is 0 Å². The van der Waals surface area contributed by atoms with Crippen LogP contribution in [0.5, 0.6) is 11.5 Å². The Kier molecular flexibility index (Phi) is 6.15. The van der Waals surface area contributed by atoms with Gasteiger partial charge in [-0.25, -0.2) is 0 Å². The van der Waals surface area contributed by atoms with E-state index in [0.29, 0.717) is 6.54 Å². The number of nitrogens with one attached hydrogen (secondary N) is 1. The first-order valence-corrected chi connectivity index (χ1v) is 11.3. The average molecular weight is 439 g/mol. The molecule has 1 amide bonds. The van der Waals surface area contributed by atoms with E-state index in [1.165, 1.54) is 0 Å². The molecule has 6 nitrogen and oxygen atoms in total. The van der Waals surface area contributed by atoms with Gasteiger partial charge in [0, 0.05) is 55.2 Å². The van der Waals surface area contributed by atoms with E-state index in [1.807, 2.05) is 60.8 Å². The molecule has 1 N–H and O–H groups in total. The van der Waals surface area contributed by atoms with E-state index >= 15 is 0 Å². The highest BCUT2D eigenvalue weighted by atomic mass is 16.5. The Hall–Kier alpha value is -3.93. The van der Waals surface area contributed by atoms with Crippen LogP contribution in [0.2, 0.25) is 0 Å². The minimum atomic E-state index is 0.0306. The van der Waals surface area contributed by atoms with Crippen molar-refractivity contribution in [1.29, 1.82) is 0 Å². The molecule has 0 atom stereocenters. The zero-order valence-electron chi connectivity index (χ0n) is 18.4. The molecule has 1 fully saturated rings. The molecule has 4 aromatic rings. The normalized spacial score (nSPS) is 14.2. The lowest BCUT2D eigenvalue weighted by molar-refractivity contribution is -0.125. The molecule has 0 spiro atoms. The molecule has 0 aliphatic carbocycles. The maximum atomic E-state index is 12.7. The van der Waals surface area contributed by atoms with Crippen molar-refractivity contribution in [2.24, 2.45) is 5.92 Å². The fourth-order valence-corrected chi connectivity index (χ4v) is 4.29. The van der Waals surface area contributed by atoms with Gasteiger partial charge < -0.3 is 15.0 Å². The zero-order chi connectivity index (χ0) is 22.5. The fraction of sp³-hybridized carbons (Fsp3) is 0.222. The number of carbonyl (C=O) groups is 1. The lowest BCUT2D eigenvalue weighted by Gasteiger charge is -2.33. The van der Waals surface area contributed by atoms with Gasteiger partial charge in [0.15, 0.2) is 0 Å². The van der Waals surface area contributed by atoms with Crippen LogP contribution in [0, 0.1) is 5.92 Å². The van der Waals surface area contributed by atoms with Crippen LogP contribution in [0.25, 0.3) is 10.9 Å². The van der Waals surface area contributed by atoms with Gasteiger partial charge in [0.1, 0.15) is 11.5 Å². The number of para-hydroxylation sites is 1. The van der Waals surface area contributed by atoms with E-state index in [1.54, 1.807) is 12.4 Å². The molecule has 0 bridgehead atoms. The Morgan fingerprint density at radius 3 is 2.61 bits per heavy atom. The third-order valence-corrected chi connectivity index (χ3v) is 6.06. The molecule has 6 heteroatoms. The van der Waals surface area contributed by atoms with Crippen LogP contribution in [0.3, 0.4) is 0 Å². The summed E-state index contributed by atoms with van der Waals surface area (Å²) in [5.41, 5.74) is 3.08. The molecule has 166 valence electrons. The van der Waals surface area contributed by atoms with Crippen molar-refractivity contribution < 1.29 is 9.53 Å². The Labute approximate surface area is 193 Å². The number of piperidine rings is 1. The molecule has 33 heavy (non-hydrogen) atoms. The van der Waals surface area contributed by atoms with E-state index in [0.717, 1.165) is 59.6 Å². The van der Waals surface area contributed by atoms with Gasteiger partial charge in [0.25, 0.3) is 0 Å². The van der Waals surface area contributed by atoms with Crippen molar-refractivity contribution in [3.63, 3.8) is 0 Å². The number of hydrogen-bond acceptors (Lipinski definition) is 5. The number of hydrogen-bond donors (Lipinski definition) is 1. The minimum absolute atomic E-state index is 0.0306. The topological polar surface area (TPSA) is 67.4 Å². The molecule has 2 aromatic heterocycles. The van der Waals surface area contributed by atoms with Crippen molar-refractivity contribution in [3.05, 3.63) is 90.9 Å². The highest BCUT2D eigenvalue weighted by Gasteiger charge is 2.26. The van der Waals surface area contributed by atoms with Gasteiger partial charge in [0.2, 0.25) is 5.91 Å². The predicted octanol–water partition coefficient (Wildman–Crippen LogP) is 4.95. The van der Waals surface area contributed by atoms with Crippen LogP contribution in [0.15, 0.2) is 85.3 Å². The second-order valence-electron chi connectivity index (χ2n) is 8.26. The average Bonchev–Trinajstić information content (AvgIpc) is 2.88. The van der Waals surface area contributed by atoms with Crippen molar-refractivity contribution in [2.75, 3.05) is 18.0 Å². The standard InChI is InChI=1S/C27H26N4O2/c32-27(30-19-20-5-4-13-28-18-20)21-11-15-31(16-12-21)26-10-14-29-25-9-8-23(17-24(25)26)33-22-6-2-1-3-7-22/h1-10,13-14,17-18,21H,11-12,15-16,19H2,(H,30,32). The lowest BCUT2D eigenvalue weighted by atomic mass is 9.95. The van der Waals surface area contributed by atoms with Gasteiger partial charge in [-0.1, -0.05) is 24.3 Å². The second-order valence-corrected chi connectivity index (χ2v) is 8.26. The number of aromatic nitrogens is 2. The number of amides is 1. The van der Waals surface area contributed by atoms with E-state index < -0.39 is 0 Å². The van der Waals surface area contributed by atoms with E-state index in [-0.39, 0.29) is 11.8 Å². The Bertz CT molecular complexity index is 1220. The van der Waals surface area contributed by atoms with Gasteiger partial charge in [-0.05, 0) is 60.9 Å². The monoisotopic (exact) mass is 438 g/mol. The third-order valence-electron chi connectivity index (χ3n) is 6.06. The van der Waals surface area contributed by atoms with E-state index in [4.69, 9.17) is 4.74 Å². The van der Waals surface area contributed by atoms with Gasteiger partial charge >= 0.3 is 0 Å². The molecule has 0 radical (unpaired) electrons. The second kappa shape index (κ2) is 9.69. The summed E-state index contributed by atoms with van der Waals surface area (Å²) in [6.45, 7) is 2.17. The number of carbonyl (C=O) groups excluding carboxylic acids is 1. The van der Waals surface area contributed by atoms with Gasteiger partial charge in [-0.3, -0.25) is 14.8 Å². The van der Waals surface area contributed by atoms with Crippen LogP contribution in [-0.2, 0) is 11.3 Å². The Morgan fingerprint density at radius 2 is 1.82 bits per heavy atom. The van der Waals surface area contributed by atoms with Crippen molar-refractivity contribution in [3.8, 4) is 11.5 Å². The number of benzene rings is 2. The lowest BCUT2D eigenvalue weighted by Crippen LogP contribution is -2.40. The number of anilines is 1. The molecule has 1 saturated heterocycles. The number of fused-ring (bicyclic) bond motifs is 1. The summed E-state index contributed by atoms with van der Waals surface area (Å²) in [6.07, 6.45) is 7.02. The highest BCUT2D eigenvalue weighted by molar-refractivity contribution is 5.92. The van der Waals surface area contributed by atoms with E-state index in [2.05, 4.69) is 32.3 Å². The molecule has 2 aromatic carbocycles. The molecule has 3 heterocycles. The van der Waals surface area contributed by atoms with Crippen LogP contribution in [0.1, 0.15) is 18.4 Å². The van der Waals surface area contributed by atoms with Gasteiger partial charge in [0.05, 0.1) is 5.52 Å². The molecular formula is C27H26N4O2. The summed E-state index contributed by atoms with van der Waals surface area (Å²) in [5, 5.41) is 4.12. The van der Waals surface area contributed by atoms with Crippen LogP contribution >= 0.6 is 0 Å². The maximum Gasteiger partial charge on any atom is 0.223 e. The predicted molar refractivity (Wildman–Crippen MR) is 129 cm³/mol. The quantitative estimate of drug-likeness (QED) is 0.461. The molecule has 5 rings (SSSR count). The van der Waals surface area contributed by atoms with Gasteiger partial charge in [-0.15, -0.1) is 0 Å². The summed E-state index contributed by atoms with van der Waals surface area (Å²) in [7, 11) is 0. The summed E-state index contributed by atoms with van der Waals surface area (Å²) >= 11 is 0. The minimum Gasteiger partial charge on any atom is -0.457 e. The Morgan fingerprint density at radius 1 is 0.970 bits per heavy atom. The van der Waals surface area contributed by atoms with Crippen molar-refractivity contribution in [2.45, 2.75) is 19.4 Å². The SMILES string of the molecule is O=C(NCc1cccnc1)C1CCN(c2ccnc3ccc(Oc4ccccc4)cc23)CC1. The summed E-state index contributed by atoms with van der Waals surface area (Å²) in [6, 6.07) is 21.7. The number of rotatable bonds is 6. The van der Waals surface area contributed by atoms with E-state index in [9.17, 15) is 4.79 Å². The Balaban J connectivity index is 1.26. The van der Waals surface area contributed by atoms with Crippen molar-refractivity contribution >= 4 is 22.5 Å². The number of pyridine rings is 2. The third kappa shape index (κ3) is 4.95. The largest absolute Gasteiger partial charge is 0.457 e. The molecule has 1 aliphatic heterocycles. The molecular weight excluding hydrogens is 412 g/mol. The van der Waals surface area contributed by atoms with Crippen LogP contribution < -0.4 is 15.0 Å². The first kappa shape index (κ1) is 20.9. The number of nitrogens with zero attached hydrogens (tertiary/aromatic N) is 3.